The average molecular weight is 554 g/mol. The summed E-state index contributed by atoms with van der Waals surface area (Å²) in [5.41, 5.74) is -0.391. The number of amides is 1. The molecule has 0 aromatic heterocycles. The molecular formula is C29H35N3O6S. The summed E-state index contributed by atoms with van der Waals surface area (Å²) in [6.07, 6.45) is 0.477. The Labute approximate surface area is 229 Å². The zero-order valence-electron chi connectivity index (χ0n) is 23.3. The van der Waals surface area contributed by atoms with Gasteiger partial charge in [-0.25, -0.2) is 4.79 Å². The van der Waals surface area contributed by atoms with Crippen LogP contribution in [0.4, 0.5) is 16.2 Å². The molecule has 2 atom stereocenters. The van der Waals surface area contributed by atoms with E-state index in [0.717, 1.165) is 6.42 Å². The molecule has 39 heavy (non-hydrogen) atoms. The molecule has 2 aromatic rings. The molecule has 1 amide bonds. The third-order valence-corrected chi connectivity index (χ3v) is 8.22. The molecule has 0 spiro atoms. The molecule has 1 heterocycles. The highest BCUT2D eigenvalue weighted by Gasteiger charge is 2.51. The summed E-state index contributed by atoms with van der Waals surface area (Å²) in [5, 5.41) is 5.44. The van der Waals surface area contributed by atoms with E-state index in [1.54, 1.807) is 45.0 Å². The number of sulfonamides is 1. The topological polar surface area (TPSA) is 131 Å². The highest BCUT2D eigenvalue weighted by Crippen LogP contribution is 2.44. The lowest BCUT2D eigenvalue weighted by atomic mass is 9.62. The van der Waals surface area contributed by atoms with Crippen molar-refractivity contribution in [3.63, 3.8) is 0 Å². The van der Waals surface area contributed by atoms with Crippen molar-refractivity contribution < 1.29 is 27.5 Å². The summed E-state index contributed by atoms with van der Waals surface area (Å²) < 4.78 is 35.7. The Morgan fingerprint density at radius 3 is 2.38 bits per heavy atom. The number of anilines is 2. The molecule has 10 heteroatoms. The van der Waals surface area contributed by atoms with Crippen molar-refractivity contribution >= 4 is 44.9 Å². The first-order valence-corrected chi connectivity index (χ1v) is 14.3. The number of carbonyl (C=O) groups excluding carboxylic acids is 3. The lowest BCUT2D eigenvalue weighted by molar-refractivity contribution is -0.125. The van der Waals surface area contributed by atoms with Gasteiger partial charge < -0.3 is 10.1 Å². The van der Waals surface area contributed by atoms with Crippen molar-refractivity contribution in [1.29, 1.82) is 0 Å². The maximum atomic E-state index is 14.1. The van der Waals surface area contributed by atoms with Crippen LogP contribution in [0.1, 0.15) is 77.2 Å². The quantitative estimate of drug-likeness (QED) is 0.464. The lowest BCUT2D eigenvalue weighted by Gasteiger charge is -2.39. The Morgan fingerprint density at radius 2 is 1.74 bits per heavy atom. The van der Waals surface area contributed by atoms with E-state index in [1.165, 1.54) is 18.2 Å². The number of hydrogen-bond donors (Lipinski definition) is 2. The minimum Gasteiger partial charge on any atom is -0.444 e. The number of ketones is 2. The largest absolute Gasteiger partial charge is 0.444 e. The molecule has 208 valence electrons. The van der Waals surface area contributed by atoms with Gasteiger partial charge in [0.2, 0.25) is 0 Å². The summed E-state index contributed by atoms with van der Waals surface area (Å²) in [6, 6.07) is 11.2. The monoisotopic (exact) mass is 553 g/mol. The lowest BCUT2D eigenvalue weighted by Crippen LogP contribution is -2.51. The van der Waals surface area contributed by atoms with Gasteiger partial charge in [0, 0.05) is 11.3 Å². The van der Waals surface area contributed by atoms with Gasteiger partial charge in [-0.3, -0.25) is 14.9 Å². The van der Waals surface area contributed by atoms with Crippen molar-refractivity contribution in [1.82, 2.24) is 0 Å². The molecule has 0 bridgehead atoms. The Kier molecular flexibility index (Phi) is 7.00. The molecule has 1 unspecified atom stereocenters. The normalized spacial score (nSPS) is 22.2. The summed E-state index contributed by atoms with van der Waals surface area (Å²) in [5.74, 6) is -2.49. The van der Waals surface area contributed by atoms with Crippen LogP contribution in [-0.2, 0) is 25.0 Å². The predicted molar refractivity (Wildman–Crippen MR) is 150 cm³/mol. The van der Waals surface area contributed by atoms with E-state index in [0.29, 0.717) is 17.5 Å². The molecule has 1 aliphatic heterocycles. The number of ether oxygens (including phenoxy) is 1. The van der Waals surface area contributed by atoms with Crippen LogP contribution in [0, 0.1) is 11.3 Å². The standard InChI is InChI=1S/C29H35N3O6S/c1-27(2,3)14-15-29(7)19-11-9-8-10-18(19)23(33)22(24(29)34)25-31-20-13-12-17(16-21(20)39(36,37)32-25)30-26(35)38-28(4,5)6/h8-13,16,22H,14-15H2,1-7H3,(H,30,35)(H,31,32)/t22?,29-/m0/s1. The van der Waals surface area contributed by atoms with Gasteiger partial charge >= 0.3 is 6.09 Å². The minimum absolute atomic E-state index is 0.0525. The first kappa shape index (κ1) is 28.5. The number of benzene rings is 2. The molecule has 1 aliphatic carbocycles. The van der Waals surface area contributed by atoms with Crippen LogP contribution >= 0.6 is 0 Å². The maximum absolute atomic E-state index is 14.1. The van der Waals surface area contributed by atoms with Crippen molar-refractivity contribution in [3.05, 3.63) is 53.6 Å². The Hall–Kier alpha value is -3.53. The Bertz CT molecular complexity index is 1500. The average Bonchev–Trinajstić information content (AvgIpc) is 2.80. The molecule has 4 rings (SSSR count). The van der Waals surface area contributed by atoms with Crippen LogP contribution in [0.2, 0.25) is 0 Å². The van der Waals surface area contributed by atoms with Crippen molar-refractivity contribution in [2.45, 2.75) is 77.2 Å². The van der Waals surface area contributed by atoms with E-state index in [2.05, 4.69) is 35.8 Å². The van der Waals surface area contributed by atoms with Crippen LogP contribution in [0.15, 0.2) is 51.8 Å². The number of nitrogens with one attached hydrogen (secondary N) is 2. The van der Waals surface area contributed by atoms with Gasteiger partial charge in [-0.1, -0.05) is 45.0 Å². The fourth-order valence-corrected chi connectivity index (χ4v) is 6.02. The minimum atomic E-state index is -4.30. The summed E-state index contributed by atoms with van der Waals surface area (Å²) in [4.78, 5) is 39.7. The Balaban J connectivity index is 1.71. The van der Waals surface area contributed by atoms with Gasteiger partial charge in [-0.15, -0.1) is 4.40 Å². The summed E-state index contributed by atoms with van der Waals surface area (Å²) in [7, 11) is -4.30. The fourth-order valence-electron chi connectivity index (χ4n) is 4.84. The second kappa shape index (κ2) is 9.59. The van der Waals surface area contributed by atoms with E-state index in [9.17, 15) is 22.8 Å². The third kappa shape index (κ3) is 5.75. The molecule has 2 aromatic carbocycles. The number of Topliss-reactive ketones (excluding diaryl/α,β-unsaturated/α-hetero) is 2. The molecule has 2 N–H and O–H groups in total. The van der Waals surface area contributed by atoms with Gasteiger partial charge in [0.1, 0.15) is 22.3 Å². The van der Waals surface area contributed by atoms with Crippen LogP contribution < -0.4 is 10.6 Å². The molecule has 0 saturated heterocycles. The first-order valence-electron chi connectivity index (χ1n) is 12.9. The molecule has 2 aliphatic rings. The predicted octanol–water partition coefficient (Wildman–Crippen LogP) is 5.71. The van der Waals surface area contributed by atoms with Crippen LogP contribution in [0.25, 0.3) is 0 Å². The number of amidine groups is 1. The summed E-state index contributed by atoms with van der Waals surface area (Å²) in [6.45, 7) is 13.2. The van der Waals surface area contributed by atoms with Gasteiger partial charge in [0.15, 0.2) is 11.6 Å². The van der Waals surface area contributed by atoms with Crippen molar-refractivity contribution in [2.24, 2.45) is 15.7 Å². The van der Waals surface area contributed by atoms with E-state index < -0.39 is 38.8 Å². The van der Waals surface area contributed by atoms with E-state index in [4.69, 9.17) is 4.74 Å². The second-order valence-corrected chi connectivity index (χ2v) is 14.1. The number of fused-ring (bicyclic) bond motifs is 2. The molecule has 9 nitrogen and oxygen atoms in total. The molecular weight excluding hydrogens is 518 g/mol. The number of hydrogen-bond acceptors (Lipinski definition) is 7. The highest BCUT2D eigenvalue weighted by atomic mass is 32.2. The van der Waals surface area contributed by atoms with E-state index in [1.807, 2.05) is 6.92 Å². The molecule has 0 saturated carbocycles. The first-order chi connectivity index (χ1) is 17.9. The van der Waals surface area contributed by atoms with E-state index >= 15 is 0 Å². The van der Waals surface area contributed by atoms with Crippen LogP contribution in [0.3, 0.4) is 0 Å². The number of carbonyl (C=O) groups is 3. The van der Waals surface area contributed by atoms with Crippen LogP contribution in [-0.4, -0.2) is 37.5 Å². The van der Waals surface area contributed by atoms with E-state index in [-0.39, 0.29) is 33.3 Å². The zero-order chi connectivity index (χ0) is 29.0. The summed E-state index contributed by atoms with van der Waals surface area (Å²) >= 11 is 0. The van der Waals surface area contributed by atoms with Gasteiger partial charge in [0.05, 0.1) is 11.1 Å². The fraction of sp³-hybridized carbons (Fsp3) is 0.448. The number of nitrogens with zero attached hydrogens (tertiary/aromatic N) is 1. The van der Waals surface area contributed by atoms with Gasteiger partial charge in [0.25, 0.3) is 10.0 Å². The zero-order valence-corrected chi connectivity index (χ0v) is 24.2. The SMILES string of the molecule is CC(C)(C)CC[C@]1(C)C(=O)C(C2=NS(=O)(=O)c3cc(NC(=O)OC(C)(C)C)ccc3N2)C(=O)c2ccccc21. The van der Waals surface area contributed by atoms with Crippen molar-refractivity contribution in [2.75, 3.05) is 10.6 Å². The second-order valence-electron chi connectivity index (χ2n) is 12.5. The van der Waals surface area contributed by atoms with Crippen LogP contribution in [0.5, 0.6) is 0 Å². The number of rotatable bonds is 4. The van der Waals surface area contributed by atoms with Gasteiger partial charge in [-0.05, 0) is 69.7 Å². The highest BCUT2D eigenvalue weighted by molar-refractivity contribution is 7.90. The third-order valence-electron chi connectivity index (χ3n) is 6.89. The molecule has 0 fully saturated rings. The molecule has 0 radical (unpaired) electrons. The van der Waals surface area contributed by atoms with Crippen molar-refractivity contribution in [3.8, 4) is 0 Å². The smallest absolute Gasteiger partial charge is 0.412 e. The van der Waals surface area contributed by atoms with Gasteiger partial charge in [-0.2, -0.15) is 8.42 Å². The maximum Gasteiger partial charge on any atom is 0.412 e. The Morgan fingerprint density at radius 1 is 1.08 bits per heavy atom.